The van der Waals surface area contributed by atoms with Gasteiger partial charge in [-0.05, 0) is 12.1 Å². The number of H-pyrrole nitrogens is 2. The Bertz CT molecular complexity index is 1010. The fraction of sp³-hybridized carbons (Fsp3) is 0.0667. The van der Waals surface area contributed by atoms with Gasteiger partial charge >= 0.3 is 6.18 Å². The zero-order valence-corrected chi connectivity index (χ0v) is 12.4. The molecule has 1 amide bonds. The highest BCUT2D eigenvalue weighted by molar-refractivity contribution is 5.98. The van der Waals surface area contributed by atoms with Gasteiger partial charge in [0.2, 0.25) is 5.43 Å². The van der Waals surface area contributed by atoms with E-state index in [4.69, 9.17) is 0 Å². The molecule has 0 radical (unpaired) electrons. The summed E-state index contributed by atoms with van der Waals surface area (Å²) in [4.78, 5) is 33.2. The number of carbonyl (C=O) groups excluding carboxylic acids is 1. The van der Waals surface area contributed by atoms with Crippen LogP contribution in [0, 0.1) is 0 Å². The molecule has 0 spiro atoms. The van der Waals surface area contributed by atoms with Gasteiger partial charge in [0.1, 0.15) is 5.56 Å². The van der Waals surface area contributed by atoms with Gasteiger partial charge in [-0.2, -0.15) is 18.3 Å². The van der Waals surface area contributed by atoms with Gasteiger partial charge < -0.3 is 9.97 Å². The lowest BCUT2D eigenvalue weighted by molar-refractivity contribution is -0.136. The summed E-state index contributed by atoms with van der Waals surface area (Å²) in [6.45, 7) is 0. The van der Waals surface area contributed by atoms with Crippen LogP contribution in [-0.4, -0.2) is 27.1 Å². The maximum absolute atomic E-state index is 13.0. The molecule has 0 aliphatic heterocycles. The van der Waals surface area contributed by atoms with Crippen molar-refractivity contribution in [2.45, 2.75) is 6.18 Å². The number of fused-ring (bicyclic) bond motifs is 1. The van der Waals surface area contributed by atoms with Crippen molar-refractivity contribution in [3.05, 3.63) is 64.0 Å². The Balaban J connectivity index is 1.94. The SMILES string of the molecule is O=C(N/N=C/c1cnc[nH]1)c1c[nH]c2c(C(F)(F)F)cccc2c1=O. The van der Waals surface area contributed by atoms with Crippen molar-refractivity contribution in [3.8, 4) is 0 Å². The molecule has 3 N–H and O–H groups in total. The van der Waals surface area contributed by atoms with Crippen LogP contribution in [0.15, 0.2) is 46.8 Å². The summed E-state index contributed by atoms with van der Waals surface area (Å²) < 4.78 is 38.9. The lowest BCUT2D eigenvalue weighted by Crippen LogP contribution is -2.25. The predicted octanol–water partition coefficient (Wildman–Crippen LogP) is 2.03. The second-order valence-corrected chi connectivity index (χ2v) is 4.96. The van der Waals surface area contributed by atoms with Crippen molar-refractivity contribution in [1.82, 2.24) is 20.4 Å². The number of para-hydroxylation sites is 1. The van der Waals surface area contributed by atoms with E-state index in [1.807, 2.05) is 0 Å². The maximum atomic E-state index is 13.0. The number of imidazole rings is 1. The largest absolute Gasteiger partial charge is 0.418 e. The predicted molar refractivity (Wildman–Crippen MR) is 83.2 cm³/mol. The molecule has 0 atom stereocenters. The van der Waals surface area contributed by atoms with Crippen molar-refractivity contribution in [3.63, 3.8) is 0 Å². The van der Waals surface area contributed by atoms with E-state index in [-0.39, 0.29) is 16.5 Å². The summed E-state index contributed by atoms with van der Waals surface area (Å²) >= 11 is 0. The van der Waals surface area contributed by atoms with E-state index in [2.05, 4.69) is 25.5 Å². The lowest BCUT2D eigenvalue weighted by Gasteiger charge is -2.10. The topological polar surface area (TPSA) is 103 Å². The standard InChI is InChI=1S/C15H10F3N5O2/c16-15(17,18)11-3-1-2-9-12(11)20-6-10(13(9)24)14(25)23-22-5-8-4-19-7-21-8/h1-7H,(H,19,21)(H,20,24)(H,23,25)/b22-5+. The molecule has 0 fully saturated rings. The summed E-state index contributed by atoms with van der Waals surface area (Å²) in [7, 11) is 0. The van der Waals surface area contributed by atoms with Crippen LogP contribution in [0.5, 0.6) is 0 Å². The smallest absolute Gasteiger partial charge is 0.360 e. The molecule has 0 aliphatic rings. The highest BCUT2D eigenvalue weighted by Gasteiger charge is 2.33. The Morgan fingerprint density at radius 3 is 2.76 bits per heavy atom. The van der Waals surface area contributed by atoms with Crippen LogP contribution in [0.25, 0.3) is 10.9 Å². The van der Waals surface area contributed by atoms with Gasteiger partial charge in [0.05, 0.1) is 35.5 Å². The van der Waals surface area contributed by atoms with Crippen LogP contribution in [0.3, 0.4) is 0 Å². The number of hydrazone groups is 1. The number of rotatable bonds is 3. The number of amides is 1. The first kappa shape index (κ1) is 16.4. The van der Waals surface area contributed by atoms with E-state index >= 15 is 0 Å². The number of nitrogens with one attached hydrogen (secondary N) is 3. The van der Waals surface area contributed by atoms with Crippen LogP contribution >= 0.6 is 0 Å². The minimum atomic E-state index is -4.62. The molecule has 10 heteroatoms. The molecule has 3 rings (SSSR count). The van der Waals surface area contributed by atoms with E-state index in [0.717, 1.165) is 18.3 Å². The molecular weight excluding hydrogens is 339 g/mol. The maximum Gasteiger partial charge on any atom is 0.418 e. The van der Waals surface area contributed by atoms with E-state index in [1.54, 1.807) is 0 Å². The van der Waals surface area contributed by atoms with Crippen molar-refractivity contribution in [2.75, 3.05) is 0 Å². The molecule has 0 saturated carbocycles. The fourth-order valence-corrected chi connectivity index (χ4v) is 2.21. The van der Waals surface area contributed by atoms with E-state index in [1.165, 1.54) is 24.8 Å². The highest BCUT2D eigenvalue weighted by Crippen LogP contribution is 2.32. The van der Waals surface area contributed by atoms with Crippen LogP contribution in [0.1, 0.15) is 21.6 Å². The van der Waals surface area contributed by atoms with Crippen molar-refractivity contribution in [2.24, 2.45) is 5.10 Å². The van der Waals surface area contributed by atoms with Gasteiger partial charge in [0.15, 0.2) is 0 Å². The molecule has 1 aromatic carbocycles. The van der Waals surface area contributed by atoms with Crippen LogP contribution in [0.2, 0.25) is 0 Å². The number of aromatic amines is 2. The number of hydrogen-bond acceptors (Lipinski definition) is 4. The molecule has 128 valence electrons. The number of halogens is 3. The van der Waals surface area contributed by atoms with Crippen LogP contribution in [0.4, 0.5) is 13.2 Å². The number of aromatic nitrogens is 3. The van der Waals surface area contributed by atoms with E-state index in [9.17, 15) is 22.8 Å². The third-order valence-corrected chi connectivity index (χ3v) is 3.35. The normalized spacial score (nSPS) is 12.0. The molecule has 0 aliphatic carbocycles. The second-order valence-electron chi connectivity index (χ2n) is 4.96. The van der Waals surface area contributed by atoms with Gasteiger partial charge in [-0.1, -0.05) is 6.07 Å². The molecule has 25 heavy (non-hydrogen) atoms. The Labute approximate surface area is 137 Å². The van der Waals surface area contributed by atoms with E-state index in [0.29, 0.717) is 5.69 Å². The zero-order chi connectivity index (χ0) is 18.0. The number of hydrogen-bond donors (Lipinski definition) is 3. The summed E-state index contributed by atoms with van der Waals surface area (Å²) in [5, 5.41) is 3.40. The highest BCUT2D eigenvalue weighted by atomic mass is 19.4. The summed E-state index contributed by atoms with van der Waals surface area (Å²) in [5.41, 5.74) is 0.109. The van der Waals surface area contributed by atoms with Crippen LogP contribution in [-0.2, 0) is 6.18 Å². The minimum Gasteiger partial charge on any atom is -0.360 e. The Morgan fingerprint density at radius 1 is 1.28 bits per heavy atom. The molecule has 2 aromatic heterocycles. The van der Waals surface area contributed by atoms with Gasteiger partial charge in [-0.25, -0.2) is 10.4 Å². The van der Waals surface area contributed by atoms with Crippen LogP contribution < -0.4 is 10.9 Å². The Morgan fingerprint density at radius 2 is 2.08 bits per heavy atom. The fourth-order valence-electron chi connectivity index (χ4n) is 2.21. The Hall–Kier alpha value is -3.43. The second kappa shape index (κ2) is 6.23. The third kappa shape index (κ3) is 3.27. The number of pyridine rings is 1. The van der Waals surface area contributed by atoms with Crippen molar-refractivity contribution in [1.29, 1.82) is 0 Å². The van der Waals surface area contributed by atoms with Gasteiger partial charge in [0.25, 0.3) is 5.91 Å². The van der Waals surface area contributed by atoms with Gasteiger partial charge in [-0.3, -0.25) is 9.59 Å². The molecule has 3 aromatic rings. The quantitative estimate of drug-likeness (QED) is 0.498. The monoisotopic (exact) mass is 349 g/mol. The van der Waals surface area contributed by atoms with Gasteiger partial charge in [-0.15, -0.1) is 0 Å². The molecular formula is C15H10F3N5O2. The molecule has 7 nitrogen and oxygen atoms in total. The average molecular weight is 349 g/mol. The summed E-state index contributed by atoms with van der Waals surface area (Å²) in [5.74, 6) is -0.851. The number of nitrogens with zero attached hydrogens (tertiary/aromatic N) is 2. The number of benzene rings is 1. The molecule has 0 saturated heterocycles. The molecule has 0 unspecified atom stereocenters. The van der Waals surface area contributed by atoms with Gasteiger partial charge in [0, 0.05) is 11.6 Å². The zero-order valence-electron chi connectivity index (χ0n) is 12.4. The first-order chi connectivity index (χ1) is 11.9. The molecule has 0 bridgehead atoms. The number of alkyl halides is 3. The lowest BCUT2D eigenvalue weighted by atomic mass is 10.1. The average Bonchev–Trinajstić information content (AvgIpc) is 3.07. The van der Waals surface area contributed by atoms with E-state index < -0.39 is 23.1 Å². The summed E-state index contributed by atoms with van der Waals surface area (Å²) in [6.07, 6.45) is 0.441. The third-order valence-electron chi connectivity index (χ3n) is 3.35. The van der Waals surface area contributed by atoms with Crippen molar-refractivity contribution < 1.29 is 18.0 Å². The summed E-state index contributed by atoms with van der Waals surface area (Å²) in [6, 6.07) is 3.18. The minimum absolute atomic E-state index is 0.236. The van der Waals surface area contributed by atoms with Crippen molar-refractivity contribution >= 4 is 23.0 Å². The first-order valence-electron chi connectivity index (χ1n) is 6.91. The number of carbonyl (C=O) groups is 1. The Kier molecular flexibility index (Phi) is 4.09. The molecule has 2 heterocycles. The first-order valence-corrected chi connectivity index (χ1v) is 6.91.